The molecule has 4 heterocycles. The fourth-order valence-electron chi connectivity index (χ4n) is 8.45. The molecule has 278 valence electrons. The maximum Gasteiger partial charge on any atom is 0.259 e. The van der Waals surface area contributed by atoms with Gasteiger partial charge < -0.3 is 18.9 Å². The van der Waals surface area contributed by atoms with E-state index in [1.54, 1.807) is 32.0 Å². The summed E-state index contributed by atoms with van der Waals surface area (Å²) < 4.78 is 13.6. The van der Waals surface area contributed by atoms with Crippen molar-refractivity contribution in [1.29, 1.82) is 0 Å². The van der Waals surface area contributed by atoms with Crippen molar-refractivity contribution in [2.45, 2.75) is 63.8 Å². The standard InChI is InChI=1S/C42H49N5O6/c1-45(2)38-21-32-33(22-43-38)42(51)46(3)23-34(32)30-19-36(52-4)35(37(20-30)53-5)24-47-16-14-25(15-17-47)28-10-12-31-29(18-28)9-7-26(40(31)49)6-8-27-11-13-39(48)44-41(27)50/h10,12,18-23,25-27H,6-9,11,13-17,24H2,1-5H3,(H,44,48,50). The van der Waals surface area contributed by atoms with Gasteiger partial charge in [-0.3, -0.25) is 29.4 Å². The van der Waals surface area contributed by atoms with Crippen LogP contribution in [0.2, 0.25) is 0 Å². The number of hydrogen-bond acceptors (Lipinski definition) is 9. The van der Waals surface area contributed by atoms with Crippen LogP contribution in [0.4, 0.5) is 5.82 Å². The Labute approximate surface area is 310 Å². The summed E-state index contributed by atoms with van der Waals surface area (Å²) in [6.07, 6.45) is 9.48. The quantitative estimate of drug-likeness (QED) is 0.208. The molecule has 2 unspecified atom stereocenters. The van der Waals surface area contributed by atoms with Crippen molar-refractivity contribution >= 4 is 34.2 Å². The van der Waals surface area contributed by atoms with E-state index in [2.05, 4.69) is 27.3 Å². The molecule has 2 saturated heterocycles. The highest BCUT2D eigenvalue weighted by atomic mass is 16.5. The fraction of sp³-hybridized carbons (Fsp3) is 0.452. The first-order valence-corrected chi connectivity index (χ1v) is 18.7. The lowest BCUT2D eigenvalue weighted by atomic mass is 9.77. The molecule has 0 saturated carbocycles. The normalized spacial score (nSPS) is 19.6. The van der Waals surface area contributed by atoms with E-state index in [0.29, 0.717) is 43.5 Å². The third-order valence-corrected chi connectivity index (χ3v) is 11.6. The summed E-state index contributed by atoms with van der Waals surface area (Å²) in [6, 6.07) is 12.5. The molecule has 0 radical (unpaired) electrons. The zero-order chi connectivity index (χ0) is 37.4. The molecular weight excluding hydrogens is 670 g/mol. The second-order valence-corrected chi connectivity index (χ2v) is 15.1. The molecule has 2 aliphatic heterocycles. The van der Waals surface area contributed by atoms with Gasteiger partial charge in [-0.05, 0) is 98.8 Å². The van der Waals surface area contributed by atoms with Crippen molar-refractivity contribution in [2.24, 2.45) is 18.9 Å². The number of carbonyl (C=O) groups is 3. The number of ketones is 1. The Morgan fingerprint density at radius 2 is 1.55 bits per heavy atom. The Hall–Kier alpha value is -5.03. The molecule has 1 aliphatic carbocycles. The first-order valence-electron chi connectivity index (χ1n) is 18.7. The van der Waals surface area contributed by atoms with E-state index in [9.17, 15) is 19.2 Å². The van der Waals surface area contributed by atoms with E-state index in [-0.39, 0.29) is 35.0 Å². The van der Waals surface area contributed by atoms with Gasteiger partial charge >= 0.3 is 0 Å². The van der Waals surface area contributed by atoms with Gasteiger partial charge in [-0.25, -0.2) is 4.98 Å². The number of likely N-dealkylation sites (tertiary alicyclic amines) is 1. The number of aromatic nitrogens is 2. The number of ether oxygens (including phenoxy) is 2. The highest BCUT2D eigenvalue weighted by Crippen LogP contribution is 2.40. The number of carbonyl (C=O) groups excluding carboxylic acids is 3. The van der Waals surface area contributed by atoms with Crippen molar-refractivity contribution in [3.05, 3.63) is 81.4 Å². The molecule has 1 N–H and O–H groups in total. The molecule has 11 nitrogen and oxygen atoms in total. The fourth-order valence-corrected chi connectivity index (χ4v) is 8.45. The van der Waals surface area contributed by atoms with Gasteiger partial charge in [0.1, 0.15) is 17.3 Å². The van der Waals surface area contributed by atoms with Gasteiger partial charge in [0.15, 0.2) is 5.78 Å². The summed E-state index contributed by atoms with van der Waals surface area (Å²) in [6.45, 7) is 2.52. The maximum absolute atomic E-state index is 13.5. The smallest absolute Gasteiger partial charge is 0.259 e. The second-order valence-electron chi connectivity index (χ2n) is 15.1. The number of piperidine rings is 2. The van der Waals surface area contributed by atoms with Gasteiger partial charge in [0.05, 0.1) is 25.2 Å². The van der Waals surface area contributed by atoms with E-state index < -0.39 is 0 Å². The molecule has 2 atom stereocenters. The minimum absolute atomic E-state index is 0.0703. The van der Waals surface area contributed by atoms with E-state index in [1.165, 1.54) is 5.56 Å². The van der Waals surface area contributed by atoms with Crippen LogP contribution in [0.15, 0.2) is 53.6 Å². The monoisotopic (exact) mass is 719 g/mol. The van der Waals surface area contributed by atoms with Gasteiger partial charge in [-0.15, -0.1) is 0 Å². The van der Waals surface area contributed by atoms with Gasteiger partial charge in [0.25, 0.3) is 5.56 Å². The molecule has 2 aromatic heterocycles. The third-order valence-electron chi connectivity index (χ3n) is 11.6. The van der Waals surface area contributed by atoms with Gasteiger partial charge in [0, 0.05) is 74.9 Å². The zero-order valence-corrected chi connectivity index (χ0v) is 31.4. The van der Waals surface area contributed by atoms with Crippen LogP contribution in [0.25, 0.3) is 21.9 Å². The lowest BCUT2D eigenvalue weighted by Crippen LogP contribution is -2.41. The molecular formula is C42H49N5O6. The number of pyridine rings is 2. The molecule has 2 fully saturated rings. The first kappa shape index (κ1) is 36.3. The van der Waals surface area contributed by atoms with Crippen LogP contribution >= 0.6 is 0 Å². The number of aryl methyl sites for hydroxylation is 2. The number of imide groups is 1. The van der Waals surface area contributed by atoms with E-state index in [0.717, 1.165) is 89.3 Å². The van der Waals surface area contributed by atoms with Crippen LogP contribution < -0.4 is 25.2 Å². The van der Waals surface area contributed by atoms with Gasteiger partial charge in [0.2, 0.25) is 11.8 Å². The van der Waals surface area contributed by atoms with Crippen LogP contribution in [-0.4, -0.2) is 73.5 Å². The third kappa shape index (κ3) is 7.31. The Kier molecular flexibility index (Phi) is 10.4. The molecule has 3 aliphatic rings. The summed E-state index contributed by atoms with van der Waals surface area (Å²) in [5, 5.41) is 3.81. The Morgan fingerprint density at radius 3 is 2.23 bits per heavy atom. The number of fused-ring (bicyclic) bond motifs is 2. The molecule has 0 spiro atoms. The van der Waals surface area contributed by atoms with Gasteiger partial charge in [-0.1, -0.05) is 18.2 Å². The van der Waals surface area contributed by atoms with Crippen molar-refractivity contribution in [3.8, 4) is 22.6 Å². The lowest BCUT2D eigenvalue weighted by molar-refractivity contribution is -0.136. The number of benzene rings is 2. The number of amides is 2. The van der Waals surface area contributed by atoms with Crippen LogP contribution in [0, 0.1) is 11.8 Å². The number of rotatable bonds is 10. The summed E-state index contributed by atoms with van der Waals surface area (Å²) >= 11 is 0. The van der Waals surface area contributed by atoms with Crippen LogP contribution in [0.5, 0.6) is 11.5 Å². The number of anilines is 1. The number of Topliss-reactive ketones (excluding diaryl/α,β-unsaturated/α-hetero) is 1. The summed E-state index contributed by atoms with van der Waals surface area (Å²) in [4.78, 5) is 59.1. The summed E-state index contributed by atoms with van der Waals surface area (Å²) in [5.41, 5.74) is 5.94. The number of nitrogens with zero attached hydrogens (tertiary/aromatic N) is 4. The topological polar surface area (TPSA) is 123 Å². The molecule has 53 heavy (non-hydrogen) atoms. The summed E-state index contributed by atoms with van der Waals surface area (Å²) in [5.74, 6) is 2.20. The molecule has 2 aromatic carbocycles. The minimum atomic E-state index is -0.201. The molecule has 11 heteroatoms. The number of hydrogen-bond donors (Lipinski definition) is 1. The van der Waals surface area contributed by atoms with Gasteiger partial charge in [-0.2, -0.15) is 0 Å². The highest BCUT2D eigenvalue weighted by molar-refractivity contribution is 6.01. The minimum Gasteiger partial charge on any atom is -0.496 e. The van der Waals surface area contributed by atoms with Crippen LogP contribution in [-0.2, 0) is 29.6 Å². The highest BCUT2D eigenvalue weighted by Gasteiger charge is 2.32. The lowest BCUT2D eigenvalue weighted by Gasteiger charge is -2.33. The van der Waals surface area contributed by atoms with Crippen LogP contribution in [0.3, 0.4) is 0 Å². The molecule has 4 aromatic rings. The van der Waals surface area contributed by atoms with Crippen molar-refractivity contribution in [1.82, 2.24) is 19.8 Å². The van der Waals surface area contributed by atoms with E-state index in [4.69, 9.17) is 9.47 Å². The predicted molar refractivity (Wildman–Crippen MR) is 205 cm³/mol. The van der Waals surface area contributed by atoms with Crippen LogP contribution in [0.1, 0.15) is 77.9 Å². The first-order chi connectivity index (χ1) is 25.5. The maximum atomic E-state index is 13.5. The SMILES string of the molecule is COc1cc(-c2cn(C)c(=O)c3cnc(N(C)C)cc23)cc(OC)c1CN1CCC(c2ccc3c(c2)CCC(CCC2CCC(=O)NC2=O)C3=O)CC1. The second kappa shape index (κ2) is 15.1. The van der Waals surface area contributed by atoms with E-state index in [1.807, 2.05) is 49.5 Å². The van der Waals surface area contributed by atoms with Crippen molar-refractivity contribution in [2.75, 3.05) is 46.3 Å². The average molecular weight is 720 g/mol. The average Bonchev–Trinajstić information content (AvgIpc) is 3.16. The predicted octanol–water partition coefficient (Wildman–Crippen LogP) is 5.64. The number of nitrogens with one attached hydrogen (secondary N) is 1. The van der Waals surface area contributed by atoms with E-state index >= 15 is 0 Å². The Bertz CT molecular complexity index is 2110. The largest absolute Gasteiger partial charge is 0.496 e. The van der Waals surface area contributed by atoms with Crippen molar-refractivity contribution < 1.29 is 23.9 Å². The molecule has 0 bridgehead atoms. The summed E-state index contributed by atoms with van der Waals surface area (Å²) in [7, 11) is 8.98. The number of methoxy groups -OCH3 is 2. The molecule has 2 amide bonds. The zero-order valence-electron chi connectivity index (χ0n) is 31.4. The Morgan fingerprint density at radius 1 is 0.849 bits per heavy atom. The Balaban J connectivity index is 1.03. The van der Waals surface area contributed by atoms with Crippen molar-refractivity contribution in [3.63, 3.8) is 0 Å². The molecule has 7 rings (SSSR count).